The average molecular weight is 295 g/mol. The molecule has 0 bridgehead atoms. The number of aryl methyl sites for hydroxylation is 2. The number of anilines is 2. The lowest BCUT2D eigenvalue weighted by atomic mass is 10.3. The summed E-state index contributed by atoms with van der Waals surface area (Å²) in [5.74, 6) is 0. The van der Waals surface area contributed by atoms with Gasteiger partial charge >= 0.3 is 0 Å². The molecule has 0 unspecified atom stereocenters. The highest BCUT2D eigenvalue weighted by Gasteiger charge is 2.29. The number of aromatic nitrogens is 3. The van der Waals surface area contributed by atoms with E-state index in [9.17, 15) is 8.42 Å². The Morgan fingerprint density at radius 2 is 2.00 bits per heavy atom. The molecule has 20 heavy (non-hydrogen) atoms. The molecule has 0 saturated heterocycles. The summed E-state index contributed by atoms with van der Waals surface area (Å²) in [6.45, 7) is 3.39. The van der Waals surface area contributed by atoms with Gasteiger partial charge in [0.15, 0.2) is 0 Å². The summed E-state index contributed by atoms with van der Waals surface area (Å²) in [6.07, 6.45) is 2.92. The van der Waals surface area contributed by atoms with Crippen LogP contribution in [-0.2, 0) is 17.1 Å². The molecule has 0 aromatic carbocycles. The van der Waals surface area contributed by atoms with Gasteiger partial charge in [0.25, 0.3) is 10.0 Å². The largest absolute Gasteiger partial charge is 0.396 e. The number of hydrogen-bond acceptors (Lipinski definition) is 5. The van der Waals surface area contributed by atoms with Gasteiger partial charge in [-0.3, -0.25) is 14.0 Å². The third-order valence-corrected chi connectivity index (χ3v) is 5.25. The van der Waals surface area contributed by atoms with Crippen molar-refractivity contribution in [1.82, 2.24) is 14.8 Å². The lowest BCUT2D eigenvalue weighted by Gasteiger charge is -2.20. The molecule has 0 atom stereocenters. The standard InChI is InChI=1S/C12H17N5O2S/c1-8-12(9(2)16(3)15-8)20(18,19)17(4)11-5-6-14-7-10(11)13/h5-7H,13H2,1-4H3. The second kappa shape index (κ2) is 4.78. The summed E-state index contributed by atoms with van der Waals surface area (Å²) in [4.78, 5) is 4.07. The second-order valence-electron chi connectivity index (χ2n) is 4.53. The Morgan fingerprint density at radius 3 is 2.50 bits per heavy atom. The Hall–Kier alpha value is -2.09. The maximum atomic E-state index is 12.7. The van der Waals surface area contributed by atoms with Crippen molar-refractivity contribution in [3.05, 3.63) is 29.8 Å². The van der Waals surface area contributed by atoms with Crippen LogP contribution in [-0.4, -0.2) is 30.2 Å². The first kappa shape index (κ1) is 14.3. The van der Waals surface area contributed by atoms with Crippen LogP contribution in [0.2, 0.25) is 0 Å². The highest BCUT2D eigenvalue weighted by molar-refractivity contribution is 7.93. The number of nitrogens with zero attached hydrogens (tertiary/aromatic N) is 4. The van der Waals surface area contributed by atoms with Crippen molar-refractivity contribution in [2.24, 2.45) is 7.05 Å². The van der Waals surface area contributed by atoms with Crippen molar-refractivity contribution < 1.29 is 8.42 Å². The molecule has 0 radical (unpaired) electrons. The van der Waals surface area contributed by atoms with E-state index in [0.717, 1.165) is 4.31 Å². The van der Waals surface area contributed by atoms with E-state index in [1.54, 1.807) is 31.6 Å². The van der Waals surface area contributed by atoms with E-state index >= 15 is 0 Å². The normalized spacial score (nSPS) is 11.6. The third kappa shape index (κ3) is 2.11. The highest BCUT2D eigenvalue weighted by Crippen LogP contribution is 2.29. The number of nitrogens with two attached hydrogens (primary N) is 1. The third-order valence-electron chi connectivity index (χ3n) is 3.23. The van der Waals surface area contributed by atoms with Gasteiger partial charge < -0.3 is 5.73 Å². The minimum Gasteiger partial charge on any atom is -0.396 e. The van der Waals surface area contributed by atoms with E-state index in [1.807, 2.05) is 0 Å². The lowest BCUT2D eigenvalue weighted by Crippen LogP contribution is -2.28. The molecule has 0 spiro atoms. The molecule has 0 saturated carbocycles. The van der Waals surface area contributed by atoms with Crippen molar-refractivity contribution >= 4 is 21.4 Å². The fraction of sp³-hybridized carbons (Fsp3) is 0.333. The first-order valence-corrected chi connectivity index (χ1v) is 7.39. The first-order chi connectivity index (χ1) is 9.26. The molecule has 2 N–H and O–H groups in total. The van der Waals surface area contributed by atoms with Crippen molar-refractivity contribution in [2.75, 3.05) is 17.1 Å². The summed E-state index contributed by atoms with van der Waals surface area (Å²) in [7, 11) is -0.537. The van der Waals surface area contributed by atoms with Gasteiger partial charge in [-0.15, -0.1) is 0 Å². The van der Waals surface area contributed by atoms with Crippen LogP contribution in [0, 0.1) is 13.8 Å². The second-order valence-corrected chi connectivity index (χ2v) is 6.44. The van der Waals surface area contributed by atoms with Gasteiger partial charge in [-0.05, 0) is 19.9 Å². The Balaban J connectivity index is 2.59. The van der Waals surface area contributed by atoms with E-state index in [1.165, 1.54) is 19.4 Å². The summed E-state index contributed by atoms with van der Waals surface area (Å²) >= 11 is 0. The Morgan fingerprint density at radius 1 is 1.35 bits per heavy atom. The number of rotatable bonds is 3. The van der Waals surface area contributed by atoms with Gasteiger partial charge in [-0.1, -0.05) is 0 Å². The summed E-state index contributed by atoms with van der Waals surface area (Å²) in [5.41, 5.74) is 7.53. The molecule has 2 aromatic heterocycles. The van der Waals surface area contributed by atoms with Crippen LogP contribution >= 0.6 is 0 Å². The average Bonchev–Trinajstić information content (AvgIpc) is 2.63. The Bertz CT molecular complexity index is 751. The van der Waals surface area contributed by atoms with Crippen molar-refractivity contribution in [1.29, 1.82) is 0 Å². The van der Waals surface area contributed by atoms with Crippen LogP contribution in [0.25, 0.3) is 0 Å². The Kier molecular flexibility index (Phi) is 3.43. The minimum absolute atomic E-state index is 0.207. The maximum Gasteiger partial charge on any atom is 0.267 e. The smallest absolute Gasteiger partial charge is 0.267 e. The van der Waals surface area contributed by atoms with Gasteiger partial charge in [0.05, 0.1) is 29.0 Å². The van der Waals surface area contributed by atoms with E-state index in [0.29, 0.717) is 22.8 Å². The number of sulfonamides is 1. The van der Waals surface area contributed by atoms with E-state index in [2.05, 4.69) is 10.1 Å². The van der Waals surface area contributed by atoms with Crippen LogP contribution in [0.15, 0.2) is 23.4 Å². The zero-order valence-electron chi connectivity index (χ0n) is 11.8. The fourth-order valence-electron chi connectivity index (χ4n) is 2.08. The predicted octanol–water partition coefficient (Wildman–Crippen LogP) is 0.839. The molecule has 0 aliphatic heterocycles. The number of nitrogen functional groups attached to an aromatic ring is 1. The molecule has 8 heteroatoms. The van der Waals surface area contributed by atoms with Crippen LogP contribution < -0.4 is 10.0 Å². The van der Waals surface area contributed by atoms with Gasteiger partial charge in [0, 0.05) is 20.3 Å². The molecular formula is C12H17N5O2S. The van der Waals surface area contributed by atoms with Crippen LogP contribution in [0.4, 0.5) is 11.4 Å². The van der Waals surface area contributed by atoms with Gasteiger partial charge in [0.2, 0.25) is 0 Å². The van der Waals surface area contributed by atoms with E-state index in [4.69, 9.17) is 5.73 Å². The predicted molar refractivity (Wildman–Crippen MR) is 76.9 cm³/mol. The molecule has 7 nitrogen and oxygen atoms in total. The molecule has 2 aromatic rings. The van der Waals surface area contributed by atoms with Crippen molar-refractivity contribution in [3.8, 4) is 0 Å². The SMILES string of the molecule is Cc1nn(C)c(C)c1S(=O)(=O)N(C)c1ccncc1N. The molecule has 0 amide bonds. The zero-order chi connectivity index (χ0) is 15.1. The van der Waals surface area contributed by atoms with E-state index < -0.39 is 10.0 Å². The van der Waals surface area contributed by atoms with Gasteiger partial charge in [-0.2, -0.15) is 5.10 Å². The molecule has 0 aliphatic rings. The molecule has 2 heterocycles. The molecule has 0 aliphatic carbocycles. The molecule has 108 valence electrons. The molecular weight excluding hydrogens is 278 g/mol. The number of pyridine rings is 1. The summed E-state index contributed by atoms with van der Waals surface area (Å²) in [5, 5.41) is 4.14. The number of hydrogen-bond donors (Lipinski definition) is 1. The fourth-order valence-corrected chi connectivity index (χ4v) is 3.70. The van der Waals surface area contributed by atoms with Crippen molar-refractivity contribution in [3.63, 3.8) is 0 Å². The quantitative estimate of drug-likeness (QED) is 0.905. The molecule has 0 fully saturated rings. The van der Waals surface area contributed by atoms with Crippen LogP contribution in [0.1, 0.15) is 11.4 Å². The minimum atomic E-state index is -3.71. The van der Waals surface area contributed by atoms with Crippen LogP contribution in [0.3, 0.4) is 0 Å². The first-order valence-electron chi connectivity index (χ1n) is 5.95. The monoisotopic (exact) mass is 295 g/mol. The van der Waals surface area contributed by atoms with Crippen LogP contribution in [0.5, 0.6) is 0 Å². The van der Waals surface area contributed by atoms with Crippen molar-refractivity contribution in [2.45, 2.75) is 18.7 Å². The highest BCUT2D eigenvalue weighted by atomic mass is 32.2. The summed E-state index contributed by atoms with van der Waals surface area (Å²) in [6, 6.07) is 1.56. The maximum absolute atomic E-state index is 12.7. The zero-order valence-corrected chi connectivity index (χ0v) is 12.6. The Labute approximate surface area is 118 Å². The topological polar surface area (TPSA) is 94.1 Å². The van der Waals surface area contributed by atoms with Gasteiger partial charge in [0.1, 0.15) is 4.90 Å². The van der Waals surface area contributed by atoms with Gasteiger partial charge in [-0.25, -0.2) is 8.42 Å². The lowest BCUT2D eigenvalue weighted by molar-refractivity contribution is 0.593. The molecule has 2 rings (SSSR count). The summed E-state index contributed by atoms with van der Waals surface area (Å²) < 4.78 is 28.2. The van der Waals surface area contributed by atoms with E-state index in [-0.39, 0.29) is 4.90 Å².